The highest BCUT2D eigenvalue weighted by atomic mass is 32.2. The molecule has 0 aliphatic carbocycles. The van der Waals surface area contributed by atoms with Gasteiger partial charge in [-0.15, -0.1) is 18.0 Å². The molecule has 20 heavy (non-hydrogen) atoms. The summed E-state index contributed by atoms with van der Waals surface area (Å²) in [7, 11) is -4.04. The molecule has 0 unspecified atom stereocenters. The summed E-state index contributed by atoms with van der Waals surface area (Å²) in [5.74, 6) is -1.10. The maximum Gasteiger partial charge on any atom is 0.573 e. The van der Waals surface area contributed by atoms with E-state index in [0.717, 1.165) is 24.3 Å². The molecular formula is C10H11F3N2O4S. The van der Waals surface area contributed by atoms with Crippen LogP contribution in [0.3, 0.4) is 0 Å². The summed E-state index contributed by atoms with van der Waals surface area (Å²) in [6.45, 7) is 1.52. The van der Waals surface area contributed by atoms with Gasteiger partial charge >= 0.3 is 6.36 Å². The number of hydrogen-bond donors (Lipinski definition) is 2. The number of hydrazine groups is 1. The molecule has 0 bridgehead atoms. The van der Waals surface area contributed by atoms with Gasteiger partial charge in [0.2, 0.25) is 5.91 Å². The molecule has 0 spiro atoms. The molecule has 0 aromatic heterocycles. The summed E-state index contributed by atoms with van der Waals surface area (Å²) >= 11 is 0. The van der Waals surface area contributed by atoms with Crippen LogP contribution in [-0.2, 0) is 14.8 Å². The van der Waals surface area contributed by atoms with Crippen molar-refractivity contribution < 1.29 is 31.1 Å². The molecule has 0 saturated heterocycles. The number of ether oxygens (including phenoxy) is 1. The van der Waals surface area contributed by atoms with E-state index < -0.39 is 28.0 Å². The molecular weight excluding hydrogens is 301 g/mol. The van der Waals surface area contributed by atoms with E-state index in [0.29, 0.717) is 0 Å². The number of alkyl halides is 3. The van der Waals surface area contributed by atoms with Gasteiger partial charge in [-0.05, 0) is 24.3 Å². The van der Waals surface area contributed by atoms with Crippen LogP contribution in [0.2, 0.25) is 0 Å². The molecule has 0 aliphatic heterocycles. The van der Waals surface area contributed by atoms with E-state index >= 15 is 0 Å². The molecule has 0 radical (unpaired) electrons. The Bertz CT molecular complexity index is 569. The monoisotopic (exact) mass is 312 g/mol. The van der Waals surface area contributed by atoms with Crippen molar-refractivity contribution in [3.05, 3.63) is 24.3 Å². The maximum absolute atomic E-state index is 11.9. The fourth-order valence-corrected chi connectivity index (χ4v) is 1.95. The summed E-state index contributed by atoms with van der Waals surface area (Å²) in [4.78, 5) is 12.4. The highest BCUT2D eigenvalue weighted by Gasteiger charge is 2.31. The zero-order chi connectivity index (χ0) is 15.4. The zero-order valence-corrected chi connectivity index (χ0v) is 11.0. The summed E-state index contributed by atoms with van der Waals surface area (Å²) in [6, 6.07) is 3.54. The third kappa shape index (κ3) is 5.05. The van der Waals surface area contributed by atoms with Crippen molar-refractivity contribution in [2.45, 2.75) is 24.6 Å². The Hall–Kier alpha value is -1.81. The van der Waals surface area contributed by atoms with E-state index in [1.165, 1.54) is 6.92 Å². The smallest absolute Gasteiger partial charge is 0.406 e. The van der Waals surface area contributed by atoms with Crippen LogP contribution in [0.5, 0.6) is 5.75 Å². The second-order valence-electron chi connectivity index (χ2n) is 3.53. The van der Waals surface area contributed by atoms with Gasteiger partial charge in [0.1, 0.15) is 5.75 Å². The van der Waals surface area contributed by atoms with Gasteiger partial charge in [-0.3, -0.25) is 10.2 Å². The van der Waals surface area contributed by atoms with Gasteiger partial charge in [-0.2, -0.15) is 0 Å². The quantitative estimate of drug-likeness (QED) is 0.803. The van der Waals surface area contributed by atoms with Crippen molar-refractivity contribution in [3.8, 4) is 5.75 Å². The topological polar surface area (TPSA) is 84.5 Å². The van der Waals surface area contributed by atoms with Crippen molar-refractivity contribution in [1.82, 2.24) is 10.3 Å². The minimum absolute atomic E-state index is 0.0703. The molecule has 0 atom stereocenters. The summed E-state index contributed by atoms with van der Waals surface area (Å²) in [5.41, 5.74) is 1.94. The Labute approximate surface area is 112 Å². The third-order valence-corrected chi connectivity index (χ3v) is 3.28. The Morgan fingerprint density at radius 1 is 1.25 bits per heavy atom. The average Bonchev–Trinajstić information content (AvgIpc) is 2.34. The van der Waals surface area contributed by atoms with Gasteiger partial charge in [0.15, 0.2) is 0 Å². The second-order valence-corrected chi connectivity index (χ2v) is 5.21. The van der Waals surface area contributed by atoms with Gasteiger partial charge in [0.25, 0.3) is 10.0 Å². The Morgan fingerprint density at radius 3 is 2.25 bits per heavy atom. The highest BCUT2D eigenvalue weighted by Crippen LogP contribution is 2.23. The first-order chi connectivity index (χ1) is 9.14. The lowest BCUT2D eigenvalue weighted by atomic mass is 10.3. The molecule has 1 amide bonds. The molecule has 1 aromatic rings. The van der Waals surface area contributed by atoms with Crippen LogP contribution in [-0.4, -0.2) is 20.7 Å². The molecule has 112 valence electrons. The molecule has 1 aromatic carbocycles. The number of hydrogen-bond acceptors (Lipinski definition) is 4. The first-order valence-electron chi connectivity index (χ1n) is 5.30. The Morgan fingerprint density at radius 2 is 1.80 bits per heavy atom. The van der Waals surface area contributed by atoms with E-state index in [9.17, 15) is 26.4 Å². The first kappa shape index (κ1) is 16.2. The molecule has 0 heterocycles. The summed E-state index contributed by atoms with van der Waals surface area (Å²) in [6.07, 6.45) is -4.78. The lowest BCUT2D eigenvalue weighted by Crippen LogP contribution is -2.41. The van der Waals surface area contributed by atoms with Gasteiger partial charge in [-0.25, -0.2) is 8.42 Å². The van der Waals surface area contributed by atoms with E-state index in [4.69, 9.17) is 0 Å². The number of halogens is 3. The van der Waals surface area contributed by atoms with Crippen LogP contribution < -0.4 is 15.0 Å². The first-order valence-corrected chi connectivity index (χ1v) is 6.79. The van der Waals surface area contributed by atoms with E-state index in [2.05, 4.69) is 4.74 Å². The molecule has 10 heteroatoms. The van der Waals surface area contributed by atoms with Crippen molar-refractivity contribution in [3.63, 3.8) is 0 Å². The van der Waals surface area contributed by atoms with Gasteiger partial charge < -0.3 is 4.74 Å². The van der Waals surface area contributed by atoms with Crippen LogP contribution in [0.4, 0.5) is 13.2 Å². The number of amides is 1. The molecule has 0 fully saturated rings. The van der Waals surface area contributed by atoms with E-state index in [1.807, 2.05) is 5.43 Å². The van der Waals surface area contributed by atoms with Gasteiger partial charge in [-0.1, -0.05) is 6.92 Å². The molecule has 0 saturated carbocycles. The fraction of sp³-hybridized carbons (Fsp3) is 0.300. The van der Waals surface area contributed by atoms with Crippen LogP contribution in [0.25, 0.3) is 0 Å². The van der Waals surface area contributed by atoms with Gasteiger partial charge in [0, 0.05) is 6.42 Å². The summed E-state index contributed by atoms with van der Waals surface area (Å²) < 4.78 is 62.7. The van der Waals surface area contributed by atoms with Crippen LogP contribution >= 0.6 is 0 Å². The Balaban J connectivity index is 2.79. The average molecular weight is 312 g/mol. The maximum atomic E-state index is 11.9. The molecule has 0 aliphatic rings. The SMILES string of the molecule is CCC(=O)NNS(=O)(=O)c1ccc(OC(F)(F)F)cc1. The van der Waals surface area contributed by atoms with Crippen molar-refractivity contribution in [2.24, 2.45) is 0 Å². The van der Waals surface area contributed by atoms with Crippen LogP contribution in [0.15, 0.2) is 29.2 Å². The second kappa shape index (κ2) is 6.09. The predicted octanol–water partition coefficient (Wildman–Crippen LogP) is 1.30. The van der Waals surface area contributed by atoms with Gasteiger partial charge in [0.05, 0.1) is 4.90 Å². The standard InChI is InChI=1S/C10H11F3N2O4S/c1-2-9(16)14-15-20(17,18)8-5-3-7(4-6-8)19-10(11,12)13/h3-6,15H,2H2,1H3,(H,14,16). The molecule has 2 N–H and O–H groups in total. The fourth-order valence-electron chi connectivity index (χ4n) is 1.09. The molecule has 6 nitrogen and oxygen atoms in total. The number of carbonyl (C=O) groups excluding carboxylic acids is 1. The predicted molar refractivity (Wildman–Crippen MR) is 61.9 cm³/mol. The lowest BCUT2D eigenvalue weighted by molar-refractivity contribution is -0.274. The molecule has 1 rings (SSSR count). The summed E-state index contributed by atoms with van der Waals surface area (Å²) in [5, 5.41) is 0. The van der Waals surface area contributed by atoms with Crippen molar-refractivity contribution >= 4 is 15.9 Å². The normalized spacial score (nSPS) is 12.0. The number of benzene rings is 1. The minimum Gasteiger partial charge on any atom is -0.406 e. The highest BCUT2D eigenvalue weighted by molar-refractivity contribution is 7.89. The van der Waals surface area contributed by atoms with Crippen LogP contribution in [0.1, 0.15) is 13.3 Å². The van der Waals surface area contributed by atoms with E-state index in [1.54, 1.807) is 4.83 Å². The van der Waals surface area contributed by atoms with E-state index in [-0.39, 0.29) is 11.3 Å². The third-order valence-electron chi connectivity index (χ3n) is 2.01. The Kier molecular flexibility index (Phi) is 4.95. The number of rotatable bonds is 5. The zero-order valence-electron chi connectivity index (χ0n) is 10.2. The number of nitrogens with one attached hydrogen (secondary N) is 2. The largest absolute Gasteiger partial charge is 0.573 e. The number of sulfonamides is 1. The van der Waals surface area contributed by atoms with Crippen molar-refractivity contribution in [2.75, 3.05) is 0 Å². The number of carbonyl (C=O) groups is 1. The lowest BCUT2D eigenvalue weighted by Gasteiger charge is -2.10. The minimum atomic E-state index is -4.85. The van der Waals surface area contributed by atoms with Crippen LogP contribution in [0, 0.1) is 0 Å². The van der Waals surface area contributed by atoms with Crippen molar-refractivity contribution in [1.29, 1.82) is 0 Å².